The summed E-state index contributed by atoms with van der Waals surface area (Å²) < 4.78 is 16.1. The summed E-state index contributed by atoms with van der Waals surface area (Å²) in [6.45, 7) is 2.31. The fourth-order valence-corrected chi connectivity index (χ4v) is 3.12. The number of fused-ring (bicyclic) bond motifs is 1. The summed E-state index contributed by atoms with van der Waals surface area (Å²) in [4.78, 5) is 25.4. The van der Waals surface area contributed by atoms with Crippen LogP contribution in [-0.2, 0) is 13.6 Å². The van der Waals surface area contributed by atoms with Gasteiger partial charge in [-0.2, -0.15) is 10.2 Å². The van der Waals surface area contributed by atoms with Crippen LogP contribution in [0.5, 0.6) is 0 Å². The Kier molecular flexibility index (Phi) is 4.67. The van der Waals surface area contributed by atoms with Gasteiger partial charge in [-0.3, -0.25) is 19.0 Å². The van der Waals surface area contributed by atoms with E-state index in [1.807, 2.05) is 13.0 Å². The Morgan fingerprint density at radius 2 is 1.93 bits per heavy atom. The number of anilines is 1. The highest BCUT2D eigenvalue weighted by Gasteiger charge is 2.17. The standard InChI is InChI=1S/C21H18FN5O2/c1-13-3-8-18-17(9-13)20(28)19(25-26(18)2)21(29)24-16-10-23-27(12-16)11-14-4-6-15(22)7-5-14/h3-10,12H,11H2,1-2H3,(H,24,29). The maximum absolute atomic E-state index is 13.0. The Labute approximate surface area is 165 Å². The van der Waals surface area contributed by atoms with Gasteiger partial charge in [0.1, 0.15) is 5.82 Å². The molecule has 0 bridgehead atoms. The summed E-state index contributed by atoms with van der Waals surface area (Å²) in [5, 5.41) is 11.4. The van der Waals surface area contributed by atoms with Crippen LogP contribution in [0, 0.1) is 12.7 Å². The number of aromatic nitrogens is 4. The third-order valence-electron chi connectivity index (χ3n) is 4.57. The van der Waals surface area contributed by atoms with Crippen molar-refractivity contribution in [3.63, 3.8) is 0 Å². The van der Waals surface area contributed by atoms with E-state index in [1.165, 1.54) is 23.0 Å². The van der Waals surface area contributed by atoms with Gasteiger partial charge in [0, 0.05) is 13.2 Å². The topological polar surface area (TPSA) is 81.8 Å². The average Bonchev–Trinajstić information content (AvgIpc) is 3.13. The van der Waals surface area contributed by atoms with Crippen LogP contribution in [0.3, 0.4) is 0 Å². The van der Waals surface area contributed by atoms with Crippen molar-refractivity contribution in [3.05, 3.63) is 87.7 Å². The van der Waals surface area contributed by atoms with E-state index in [9.17, 15) is 14.0 Å². The number of nitrogens with one attached hydrogen (secondary N) is 1. The van der Waals surface area contributed by atoms with E-state index in [2.05, 4.69) is 15.5 Å². The molecule has 2 aromatic heterocycles. The Morgan fingerprint density at radius 1 is 1.17 bits per heavy atom. The number of nitrogens with zero attached hydrogens (tertiary/aromatic N) is 4. The first-order chi connectivity index (χ1) is 13.9. The van der Waals surface area contributed by atoms with Crippen LogP contribution < -0.4 is 10.7 Å². The predicted molar refractivity (Wildman–Crippen MR) is 107 cm³/mol. The molecule has 0 saturated carbocycles. The number of halogens is 1. The Balaban J connectivity index is 1.57. The van der Waals surface area contributed by atoms with Crippen LogP contribution >= 0.6 is 0 Å². The van der Waals surface area contributed by atoms with Gasteiger partial charge in [0.05, 0.1) is 29.3 Å². The molecule has 0 unspecified atom stereocenters. The molecule has 2 heterocycles. The average molecular weight is 391 g/mol. The largest absolute Gasteiger partial charge is 0.318 e. The zero-order valence-corrected chi connectivity index (χ0v) is 15.9. The van der Waals surface area contributed by atoms with Gasteiger partial charge in [-0.15, -0.1) is 0 Å². The lowest BCUT2D eigenvalue weighted by molar-refractivity contribution is 0.101. The minimum Gasteiger partial charge on any atom is -0.318 e. The molecule has 0 aliphatic carbocycles. The lowest BCUT2D eigenvalue weighted by Gasteiger charge is -2.08. The number of hydrogen-bond acceptors (Lipinski definition) is 4. The molecule has 0 radical (unpaired) electrons. The van der Waals surface area contributed by atoms with E-state index in [4.69, 9.17) is 0 Å². The van der Waals surface area contributed by atoms with Crippen LogP contribution in [0.2, 0.25) is 0 Å². The molecule has 0 fully saturated rings. The highest BCUT2D eigenvalue weighted by molar-refractivity contribution is 6.04. The van der Waals surface area contributed by atoms with Gasteiger partial charge in [0.15, 0.2) is 5.69 Å². The van der Waals surface area contributed by atoms with Gasteiger partial charge < -0.3 is 5.32 Å². The smallest absolute Gasteiger partial charge is 0.280 e. The molecule has 4 rings (SSSR count). The minimum absolute atomic E-state index is 0.183. The summed E-state index contributed by atoms with van der Waals surface area (Å²) in [6.07, 6.45) is 3.12. The Bertz CT molecular complexity index is 1270. The van der Waals surface area contributed by atoms with E-state index in [-0.39, 0.29) is 11.5 Å². The summed E-state index contributed by atoms with van der Waals surface area (Å²) in [5.74, 6) is -0.905. The second-order valence-electron chi connectivity index (χ2n) is 6.83. The zero-order valence-electron chi connectivity index (χ0n) is 15.9. The molecular formula is C21H18FN5O2. The second-order valence-corrected chi connectivity index (χ2v) is 6.83. The van der Waals surface area contributed by atoms with Crippen molar-refractivity contribution in [2.75, 3.05) is 5.32 Å². The van der Waals surface area contributed by atoms with E-state index < -0.39 is 11.3 Å². The van der Waals surface area contributed by atoms with Crippen molar-refractivity contribution in [3.8, 4) is 0 Å². The number of rotatable bonds is 4. The van der Waals surface area contributed by atoms with E-state index >= 15 is 0 Å². The number of carbonyl (C=O) groups is 1. The molecule has 1 amide bonds. The van der Waals surface area contributed by atoms with Crippen molar-refractivity contribution in [2.45, 2.75) is 13.5 Å². The van der Waals surface area contributed by atoms with E-state index in [0.29, 0.717) is 23.1 Å². The maximum Gasteiger partial charge on any atom is 0.280 e. The van der Waals surface area contributed by atoms with Gasteiger partial charge in [-0.1, -0.05) is 23.8 Å². The fraction of sp³-hybridized carbons (Fsp3) is 0.143. The Morgan fingerprint density at radius 3 is 2.69 bits per heavy atom. The van der Waals surface area contributed by atoms with E-state index in [0.717, 1.165) is 11.1 Å². The van der Waals surface area contributed by atoms with Crippen molar-refractivity contribution in [2.24, 2.45) is 7.05 Å². The molecule has 0 spiro atoms. The second kappa shape index (κ2) is 7.31. The van der Waals surface area contributed by atoms with Crippen LogP contribution in [0.15, 0.2) is 59.7 Å². The molecule has 146 valence electrons. The molecular weight excluding hydrogens is 373 g/mol. The summed E-state index contributed by atoms with van der Waals surface area (Å²) in [6, 6.07) is 11.5. The van der Waals surface area contributed by atoms with Gasteiger partial charge in [0.2, 0.25) is 5.43 Å². The molecule has 2 aromatic carbocycles. The summed E-state index contributed by atoms with van der Waals surface area (Å²) in [7, 11) is 1.69. The molecule has 29 heavy (non-hydrogen) atoms. The summed E-state index contributed by atoms with van der Waals surface area (Å²) in [5.41, 5.74) is 2.28. The van der Waals surface area contributed by atoms with E-state index in [1.54, 1.807) is 42.2 Å². The maximum atomic E-state index is 13.0. The fourth-order valence-electron chi connectivity index (χ4n) is 3.12. The molecule has 0 saturated heterocycles. The number of amides is 1. The quantitative estimate of drug-likeness (QED) is 0.580. The van der Waals surface area contributed by atoms with Crippen molar-refractivity contribution in [1.82, 2.24) is 19.6 Å². The third-order valence-corrected chi connectivity index (χ3v) is 4.57. The molecule has 0 atom stereocenters. The minimum atomic E-state index is -0.602. The van der Waals surface area contributed by atoms with Crippen LogP contribution in [0.25, 0.3) is 10.9 Å². The van der Waals surface area contributed by atoms with Crippen molar-refractivity contribution < 1.29 is 9.18 Å². The van der Waals surface area contributed by atoms with Gasteiger partial charge in [-0.25, -0.2) is 4.39 Å². The SMILES string of the molecule is Cc1ccc2c(c1)c(=O)c(C(=O)Nc1cnn(Cc3ccc(F)cc3)c1)nn2C. The zero-order chi connectivity index (χ0) is 20.5. The van der Waals surface area contributed by atoms with Crippen molar-refractivity contribution in [1.29, 1.82) is 0 Å². The number of benzene rings is 2. The van der Waals surface area contributed by atoms with Gasteiger partial charge in [-0.05, 0) is 36.8 Å². The summed E-state index contributed by atoms with van der Waals surface area (Å²) >= 11 is 0. The molecule has 7 nitrogen and oxygen atoms in total. The molecule has 0 aliphatic rings. The molecule has 0 aliphatic heterocycles. The van der Waals surface area contributed by atoms with Crippen LogP contribution in [0.1, 0.15) is 21.6 Å². The van der Waals surface area contributed by atoms with Crippen LogP contribution in [0.4, 0.5) is 10.1 Å². The predicted octanol–water partition coefficient (Wildman–Crippen LogP) is 2.88. The third kappa shape index (κ3) is 3.77. The van der Waals surface area contributed by atoms with Gasteiger partial charge >= 0.3 is 0 Å². The number of aryl methyl sites for hydroxylation is 2. The molecule has 8 heteroatoms. The normalized spacial score (nSPS) is 11.0. The first-order valence-corrected chi connectivity index (χ1v) is 8.96. The number of hydrogen-bond donors (Lipinski definition) is 1. The highest BCUT2D eigenvalue weighted by atomic mass is 19.1. The molecule has 4 aromatic rings. The van der Waals surface area contributed by atoms with Gasteiger partial charge in [0.25, 0.3) is 5.91 Å². The van der Waals surface area contributed by atoms with Crippen LogP contribution in [-0.4, -0.2) is 25.5 Å². The number of carbonyl (C=O) groups excluding carboxylic acids is 1. The van der Waals surface area contributed by atoms with Crippen molar-refractivity contribution >= 4 is 22.5 Å². The molecule has 1 N–H and O–H groups in total. The monoisotopic (exact) mass is 391 g/mol. The highest BCUT2D eigenvalue weighted by Crippen LogP contribution is 2.13. The lowest BCUT2D eigenvalue weighted by Crippen LogP contribution is -2.26. The first-order valence-electron chi connectivity index (χ1n) is 8.96. The lowest BCUT2D eigenvalue weighted by atomic mass is 10.1. The Hall–Kier alpha value is -3.81. The first kappa shape index (κ1) is 18.5.